The van der Waals surface area contributed by atoms with E-state index in [1.807, 2.05) is 54.7 Å². The van der Waals surface area contributed by atoms with E-state index in [1.54, 1.807) is 0 Å². The molecule has 106 valence electrons. The summed E-state index contributed by atoms with van der Waals surface area (Å²) in [7, 11) is 0. The van der Waals surface area contributed by atoms with E-state index >= 15 is 0 Å². The number of aromatic nitrogens is 1. The van der Waals surface area contributed by atoms with Crippen LogP contribution in [0.4, 0.5) is 0 Å². The smallest absolute Gasteiger partial charge is 0.251 e. The van der Waals surface area contributed by atoms with Crippen molar-refractivity contribution in [3.05, 3.63) is 70.9 Å². The SMILES string of the molecule is O=C(NCCc1ccccc1Cl)c1ccc2[nH]ccc2c1. The molecule has 0 atom stereocenters. The standard InChI is InChI=1S/C17H15ClN2O/c18-15-4-2-1-3-12(15)7-10-20-17(21)14-5-6-16-13(11-14)8-9-19-16/h1-6,8-9,11,19H,7,10H2,(H,20,21). The first-order valence-corrected chi connectivity index (χ1v) is 7.20. The van der Waals surface area contributed by atoms with Crippen LogP contribution in [-0.4, -0.2) is 17.4 Å². The van der Waals surface area contributed by atoms with Gasteiger partial charge in [0, 0.05) is 34.2 Å². The second kappa shape index (κ2) is 6.02. The van der Waals surface area contributed by atoms with Gasteiger partial charge in [-0.25, -0.2) is 0 Å². The van der Waals surface area contributed by atoms with Crippen LogP contribution >= 0.6 is 11.6 Å². The van der Waals surface area contributed by atoms with Crippen molar-refractivity contribution in [2.45, 2.75) is 6.42 Å². The minimum Gasteiger partial charge on any atom is -0.361 e. The van der Waals surface area contributed by atoms with Gasteiger partial charge in [0.2, 0.25) is 0 Å². The molecule has 1 amide bonds. The fraction of sp³-hybridized carbons (Fsp3) is 0.118. The largest absolute Gasteiger partial charge is 0.361 e. The summed E-state index contributed by atoms with van der Waals surface area (Å²) in [4.78, 5) is 15.2. The Labute approximate surface area is 127 Å². The van der Waals surface area contributed by atoms with Crippen molar-refractivity contribution >= 4 is 28.4 Å². The van der Waals surface area contributed by atoms with Crippen molar-refractivity contribution in [1.29, 1.82) is 0 Å². The van der Waals surface area contributed by atoms with Crippen molar-refractivity contribution < 1.29 is 4.79 Å². The molecule has 0 fully saturated rings. The summed E-state index contributed by atoms with van der Waals surface area (Å²) in [5.41, 5.74) is 2.74. The van der Waals surface area contributed by atoms with E-state index < -0.39 is 0 Å². The third-order valence-corrected chi connectivity index (χ3v) is 3.82. The molecule has 0 aliphatic carbocycles. The lowest BCUT2D eigenvalue weighted by molar-refractivity contribution is 0.0954. The van der Waals surface area contributed by atoms with E-state index in [2.05, 4.69) is 10.3 Å². The van der Waals surface area contributed by atoms with Crippen molar-refractivity contribution in [2.75, 3.05) is 6.54 Å². The highest BCUT2D eigenvalue weighted by atomic mass is 35.5. The molecule has 2 aromatic carbocycles. The molecule has 21 heavy (non-hydrogen) atoms. The first-order chi connectivity index (χ1) is 10.2. The number of rotatable bonds is 4. The number of carbonyl (C=O) groups excluding carboxylic acids is 1. The number of fused-ring (bicyclic) bond motifs is 1. The molecule has 3 nitrogen and oxygen atoms in total. The average molecular weight is 299 g/mol. The molecule has 0 bridgehead atoms. The predicted octanol–water partition coefficient (Wildman–Crippen LogP) is 3.79. The summed E-state index contributed by atoms with van der Waals surface area (Å²) in [6, 6.07) is 15.3. The molecular formula is C17H15ClN2O. The zero-order valence-corrected chi connectivity index (χ0v) is 12.2. The van der Waals surface area contributed by atoms with Gasteiger partial charge >= 0.3 is 0 Å². The maximum Gasteiger partial charge on any atom is 0.251 e. The topological polar surface area (TPSA) is 44.9 Å². The number of H-pyrrole nitrogens is 1. The summed E-state index contributed by atoms with van der Waals surface area (Å²) >= 11 is 6.09. The molecule has 4 heteroatoms. The molecule has 0 aliphatic heterocycles. The Balaban J connectivity index is 1.62. The minimum absolute atomic E-state index is 0.0647. The summed E-state index contributed by atoms with van der Waals surface area (Å²) in [5, 5.41) is 4.70. The third kappa shape index (κ3) is 3.09. The highest BCUT2D eigenvalue weighted by molar-refractivity contribution is 6.31. The number of carbonyl (C=O) groups is 1. The van der Waals surface area contributed by atoms with Crippen LogP contribution in [0.15, 0.2) is 54.7 Å². The summed E-state index contributed by atoms with van der Waals surface area (Å²) in [6.45, 7) is 0.563. The quantitative estimate of drug-likeness (QED) is 0.756. The van der Waals surface area contributed by atoms with Gasteiger partial charge in [-0.3, -0.25) is 4.79 Å². The summed E-state index contributed by atoms with van der Waals surface area (Å²) < 4.78 is 0. The Hall–Kier alpha value is -2.26. The number of benzene rings is 2. The Morgan fingerprint density at radius 3 is 2.86 bits per heavy atom. The van der Waals surface area contributed by atoms with Gasteiger partial charge in [0.15, 0.2) is 0 Å². The van der Waals surface area contributed by atoms with Crippen molar-refractivity contribution in [3.63, 3.8) is 0 Å². The van der Waals surface area contributed by atoms with Crippen LogP contribution in [0.1, 0.15) is 15.9 Å². The van der Waals surface area contributed by atoms with Crippen LogP contribution in [0.3, 0.4) is 0 Å². The van der Waals surface area contributed by atoms with Crippen LogP contribution in [-0.2, 0) is 6.42 Å². The van der Waals surface area contributed by atoms with Crippen molar-refractivity contribution in [2.24, 2.45) is 0 Å². The van der Waals surface area contributed by atoms with Gasteiger partial charge < -0.3 is 10.3 Å². The van der Waals surface area contributed by atoms with E-state index in [-0.39, 0.29) is 5.91 Å². The van der Waals surface area contributed by atoms with E-state index in [0.29, 0.717) is 12.1 Å². The lowest BCUT2D eigenvalue weighted by Gasteiger charge is -2.07. The zero-order valence-electron chi connectivity index (χ0n) is 11.4. The van der Waals surface area contributed by atoms with Gasteiger partial charge in [-0.2, -0.15) is 0 Å². The van der Waals surface area contributed by atoms with Crippen LogP contribution in [0.5, 0.6) is 0 Å². The fourth-order valence-electron chi connectivity index (χ4n) is 2.31. The zero-order chi connectivity index (χ0) is 14.7. The Morgan fingerprint density at radius 1 is 1.14 bits per heavy atom. The highest BCUT2D eigenvalue weighted by Gasteiger charge is 2.07. The normalized spacial score (nSPS) is 10.7. The molecule has 3 aromatic rings. The van der Waals surface area contributed by atoms with Crippen LogP contribution in [0.25, 0.3) is 10.9 Å². The van der Waals surface area contributed by atoms with Gasteiger partial charge in [0.25, 0.3) is 5.91 Å². The number of aromatic amines is 1. The van der Waals surface area contributed by atoms with E-state index in [1.165, 1.54) is 0 Å². The van der Waals surface area contributed by atoms with Gasteiger partial charge in [-0.05, 0) is 42.3 Å². The van der Waals surface area contributed by atoms with Crippen LogP contribution < -0.4 is 5.32 Å². The third-order valence-electron chi connectivity index (χ3n) is 3.45. The van der Waals surface area contributed by atoms with E-state index in [0.717, 1.165) is 27.9 Å². The molecule has 0 radical (unpaired) electrons. The first-order valence-electron chi connectivity index (χ1n) is 6.83. The summed E-state index contributed by atoms with van der Waals surface area (Å²) in [6.07, 6.45) is 2.58. The van der Waals surface area contributed by atoms with Gasteiger partial charge in [0.1, 0.15) is 0 Å². The molecule has 0 saturated carbocycles. The summed E-state index contributed by atoms with van der Waals surface area (Å²) in [5.74, 6) is -0.0647. The molecule has 2 N–H and O–H groups in total. The number of hydrogen-bond acceptors (Lipinski definition) is 1. The second-order valence-electron chi connectivity index (χ2n) is 4.88. The predicted molar refractivity (Wildman–Crippen MR) is 85.8 cm³/mol. The number of hydrogen-bond donors (Lipinski definition) is 2. The molecular weight excluding hydrogens is 284 g/mol. The van der Waals surface area contributed by atoms with E-state index in [4.69, 9.17) is 11.6 Å². The highest BCUT2D eigenvalue weighted by Crippen LogP contribution is 2.16. The first kappa shape index (κ1) is 13.7. The maximum atomic E-state index is 12.1. The van der Waals surface area contributed by atoms with Gasteiger partial charge in [-0.15, -0.1) is 0 Å². The molecule has 3 rings (SSSR count). The molecule has 0 saturated heterocycles. The Bertz CT molecular complexity index is 779. The number of nitrogens with one attached hydrogen (secondary N) is 2. The lowest BCUT2D eigenvalue weighted by atomic mass is 10.1. The number of halogens is 1. The second-order valence-corrected chi connectivity index (χ2v) is 5.28. The van der Waals surface area contributed by atoms with Crippen molar-refractivity contribution in [1.82, 2.24) is 10.3 Å². The van der Waals surface area contributed by atoms with Gasteiger partial charge in [0.05, 0.1) is 0 Å². The molecule has 0 unspecified atom stereocenters. The molecule has 0 spiro atoms. The lowest BCUT2D eigenvalue weighted by Crippen LogP contribution is -2.25. The maximum absolute atomic E-state index is 12.1. The van der Waals surface area contributed by atoms with Crippen LogP contribution in [0.2, 0.25) is 5.02 Å². The van der Waals surface area contributed by atoms with Crippen LogP contribution in [0, 0.1) is 0 Å². The fourth-order valence-corrected chi connectivity index (χ4v) is 2.54. The molecule has 1 aromatic heterocycles. The molecule has 1 heterocycles. The van der Waals surface area contributed by atoms with Gasteiger partial charge in [-0.1, -0.05) is 29.8 Å². The Morgan fingerprint density at radius 2 is 2.00 bits per heavy atom. The van der Waals surface area contributed by atoms with E-state index in [9.17, 15) is 4.79 Å². The monoisotopic (exact) mass is 298 g/mol. The minimum atomic E-state index is -0.0647. The molecule has 0 aliphatic rings. The number of amides is 1. The Kier molecular flexibility index (Phi) is 3.93. The average Bonchev–Trinajstić information content (AvgIpc) is 2.96. The van der Waals surface area contributed by atoms with Crippen molar-refractivity contribution in [3.8, 4) is 0 Å².